The van der Waals surface area contributed by atoms with Gasteiger partial charge in [-0.2, -0.15) is 0 Å². The number of hydrogen-bond donors (Lipinski definition) is 2. The number of carbonyl (C=O) groups excluding carboxylic acids is 1. The molecule has 1 aromatic rings. The molecule has 1 saturated heterocycles. The zero-order chi connectivity index (χ0) is 16.3. The van der Waals surface area contributed by atoms with E-state index >= 15 is 0 Å². The third-order valence-electron chi connectivity index (χ3n) is 4.08. The minimum absolute atomic E-state index is 0.0132. The van der Waals surface area contributed by atoms with E-state index in [1.165, 1.54) is 10.6 Å². The summed E-state index contributed by atoms with van der Waals surface area (Å²) in [6, 6.07) is 7.96. The van der Waals surface area contributed by atoms with Crippen molar-refractivity contribution in [2.24, 2.45) is 0 Å². The molecule has 0 aliphatic carbocycles. The molecule has 0 spiro atoms. The molecule has 1 aromatic carbocycles. The van der Waals surface area contributed by atoms with Gasteiger partial charge < -0.3 is 15.1 Å². The van der Waals surface area contributed by atoms with E-state index in [2.05, 4.69) is 16.3 Å². The number of carbonyl (C=O) groups is 1. The third-order valence-corrected chi connectivity index (χ3v) is 4.32. The van der Waals surface area contributed by atoms with Gasteiger partial charge in [0.05, 0.1) is 26.2 Å². The Morgan fingerprint density at radius 1 is 1.32 bits per heavy atom. The zero-order valence-electron chi connectivity index (χ0n) is 13.9. The number of hydrogen-bond acceptors (Lipinski definition) is 2. The number of nitrogens with zero attached hydrogens (tertiary/aromatic N) is 1. The summed E-state index contributed by atoms with van der Waals surface area (Å²) in [6.07, 6.45) is 0. The fourth-order valence-corrected chi connectivity index (χ4v) is 3.01. The van der Waals surface area contributed by atoms with Gasteiger partial charge in [0.15, 0.2) is 6.04 Å². The Morgan fingerprint density at radius 2 is 1.95 bits per heavy atom. The third kappa shape index (κ3) is 4.62. The number of amides is 1. The lowest BCUT2D eigenvalue weighted by Crippen LogP contribution is -3.19. The lowest BCUT2D eigenvalue weighted by atomic mass is 10.1. The highest BCUT2D eigenvalue weighted by Gasteiger charge is 2.30. The van der Waals surface area contributed by atoms with Crippen LogP contribution < -0.4 is 15.1 Å². The van der Waals surface area contributed by atoms with Crippen molar-refractivity contribution in [1.82, 2.24) is 5.32 Å². The van der Waals surface area contributed by atoms with Crippen LogP contribution >= 0.6 is 11.6 Å². The van der Waals surface area contributed by atoms with Gasteiger partial charge >= 0.3 is 0 Å². The van der Waals surface area contributed by atoms with Crippen LogP contribution in [0.4, 0.5) is 5.69 Å². The van der Waals surface area contributed by atoms with E-state index < -0.39 is 0 Å². The molecule has 1 aliphatic heterocycles. The van der Waals surface area contributed by atoms with Gasteiger partial charge in [-0.25, -0.2) is 0 Å². The van der Waals surface area contributed by atoms with Gasteiger partial charge in [0, 0.05) is 16.2 Å². The van der Waals surface area contributed by atoms with E-state index in [4.69, 9.17) is 11.6 Å². The highest BCUT2D eigenvalue weighted by molar-refractivity contribution is 6.30. The fourth-order valence-electron chi connectivity index (χ4n) is 2.82. The van der Waals surface area contributed by atoms with Crippen molar-refractivity contribution in [3.63, 3.8) is 0 Å². The number of piperazine rings is 1. The second-order valence-corrected chi connectivity index (χ2v) is 7.52. The molecule has 1 aliphatic rings. The molecule has 1 fully saturated rings. The lowest BCUT2D eigenvalue weighted by molar-refractivity contribution is -0.914. The monoisotopic (exact) mass is 324 g/mol. The highest BCUT2D eigenvalue weighted by atomic mass is 35.5. The van der Waals surface area contributed by atoms with Crippen molar-refractivity contribution in [3.8, 4) is 0 Å². The van der Waals surface area contributed by atoms with Crippen molar-refractivity contribution in [3.05, 3.63) is 29.3 Å². The van der Waals surface area contributed by atoms with Crippen molar-refractivity contribution in [1.29, 1.82) is 0 Å². The van der Waals surface area contributed by atoms with Crippen LogP contribution in [0.5, 0.6) is 0 Å². The minimum Gasteiger partial charge on any atom is -0.360 e. The van der Waals surface area contributed by atoms with Crippen molar-refractivity contribution >= 4 is 23.2 Å². The van der Waals surface area contributed by atoms with E-state index in [9.17, 15) is 4.79 Å². The van der Waals surface area contributed by atoms with Gasteiger partial charge in [0.25, 0.3) is 5.91 Å². The molecular weight excluding hydrogens is 298 g/mol. The van der Waals surface area contributed by atoms with Crippen LogP contribution in [0.25, 0.3) is 0 Å². The molecule has 22 heavy (non-hydrogen) atoms. The molecule has 1 heterocycles. The first-order valence-electron chi connectivity index (χ1n) is 7.93. The summed E-state index contributed by atoms with van der Waals surface area (Å²) in [5.74, 6) is 0.138. The quantitative estimate of drug-likeness (QED) is 0.880. The van der Waals surface area contributed by atoms with E-state index in [-0.39, 0.29) is 17.5 Å². The number of halogens is 1. The molecule has 0 radical (unpaired) electrons. The summed E-state index contributed by atoms with van der Waals surface area (Å²) in [6.45, 7) is 11.9. The fraction of sp³-hybridized carbons (Fsp3) is 0.588. The number of anilines is 1. The Bertz CT molecular complexity index is 519. The molecule has 0 bridgehead atoms. The average Bonchev–Trinajstić information content (AvgIpc) is 2.45. The topological polar surface area (TPSA) is 36.8 Å². The number of nitrogens with one attached hydrogen (secondary N) is 2. The Balaban J connectivity index is 1.90. The minimum atomic E-state index is -0.173. The van der Waals surface area contributed by atoms with Gasteiger partial charge in [-0.05, 0) is 45.9 Å². The molecule has 0 saturated carbocycles. The molecule has 5 heteroatoms. The maximum Gasteiger partial charge on any atom is 0.278 e. The molecule has 0 aromatic heterocycles. The first kappa shape index (κ1) is 17.1. The first-order chi connectivity index (χ1) is 10.3. The second kappa shape index (κ2) is 6.88. The van der Waals surface area contributed by atoms with Crippen LogP contribution in [0.15, 0.2) is 24.3 Å². The molecule has 1 atom stereocenters. The molecule has 122 valence electrons. The largest absolute Gasteiger partial charge is 0.360 e. The van der Waals surface area contributed by atoms with Crippen LogP contribution in [0.1, 0.15) is 27.7 Å². The summed E-state index contributed by atoms with van der Waals surface area (Å²) < 4.78 is 0. The summed E-state index contributed by atoms with van der Waals surface area (Å²) in [5, 5.41) is 3.84. The van der Waals surface area contributed by atoms with Crippen molar-refractivity contribution in [2.45, 2.75) is 39.3 Å². The predicted molar refractivity (Wildman–Crippen MR) is 91.7 cm³/mol. The molecule has 1 amide bonds. The van der Waals surface area contributed by atoms with Crippen LogP contribution in [-0.4, -0.2) is 43.7 Å². The number of rotatable bonds is 3. The molecule has 2 rings (SSSR count). The predicted octanol–water partition coefficient (Wildman–Crippen LogP) is 1.35. The average molecular weight is 325 g/mol. The first-order valence-corrected chi connectivity index (χ1v) is 8.31. The molecule has 4 nitrogen and oxygen atoms in total. The van der Waals surface area contributed by atoms with Gasteiger partial charge in [-0.15, -0.1) is 0 Å². The smallest absolute Gasteiger partial charge is 0.278 e. The maximum atomic E-state index is 12.3. The van der Waals surface area contributed by atoms with E-state index in [0.717, 1.165) is 31.2 Å². The highest BCUT2D eigenvalue weighted by Crippen LogP contribution is 2.19. The Kier molecular flexibility index (Phi) is 5.35. The van der Waals surface area contributed by atoms with Crippen LogP contribution in [-0.2, 0) is 4.79 Å². The standard InChI is InChI=1S/C17H26ClN3O/c1-13(16(22)19-17(2,3)4)20-8-10-21(11-9-20)15-7-5-6-14(18)12-15/h5-7,12-13H,8-11H2,1-4H3,(H,19,22)/p+1/t13-/m0/s1. The van der Waals surface area contributed by atoms with Crippen molar-refractivity contribution < 1.29 is 9.69 Å². The summed E-state index contributed by atoms with van der Waals surface area (Å²) in [4.78, 5) is 16.0. The Morgan fingerprint density at radius 3 is 2.50 bits per heavy atom. The zero-order valence-corrected chi connectivity index (χ0v) is 14.7. The van der Waals surface area contributed by atoms with Gasteiger partial charge in [0.2, 0.25) is 0 Å². The van der Waals surface area contributed by atoms with Gasteiger partial charge in [-0.3, -0.25) is 4.79 Å². The maximum absolute atomic E-state index is 12.3. The van der Waals surface area contributed by atoms with Crippen LogP contribution in [0.3, 0.4) is 0 Å². The Hall–Kier alpha value is -1.26. The van der Waals surface area contributed by atoms with Crippen LogP contribution in [0, 0.1) is 0 Å². The molecule has 0 unspecified atom stereocenters. The molecular formula is C17H27ClN3O+. The number of benzene rings is 1. The van der Waals surface area contributed by atoms with E-state index in [1.807, 2.05) is 45.9 Å². The van der Waals surface area contributed by atoms with E-state index in [1.54, 1.807) is 0 Å². The summed E-state index contributed by atoms with van der Waals surface area (Å²) >= 11 is 6.06. The summed E-state index contributed by atoms with van der Waals surface area (Å²) in [5.41, 5.74) is 0.992. The normalized spacial score (nSPS) is 18.1. The number of quaternary nitrogens is 1. The SMILES string of the molecule is C[C@@H](C(=O)NC(C)(C)C)[NH+]1CCN(c2cccc(Cl)c2)CC1. The van der Waals surface area contributed by atoms with Gasteiger partial charge in [0.1, 0.15) is 0 Å². The second-order valence-electron chi connectivity index (χ2n) is 7.09. The lowest BCUT2D eigenvalue weighted by Gasteiger charge is -2.36. The van der Waals surface area contributed by atoms with Gasteiger partial charge in [-0.1, -0.05) is 17.7 Å². The summed E-state index contributed by atoms with van der Waals surface area (Å²) in [7, 11) is 0. The van der Waals surface area contributed by atoms with E-state index in [0.29, 0.717) is 0 Å². The Labute approximate surface area is 138 Å². The molecule has 2 N–H and O–H groups in total. The van der Waals surface area contributed by atoms with Crippen molar-refractivity contribution in [2.75, 3.05) is 31.1 Å². The van der Waals surface area contributed by atoms with Crippen LogP contribution in [0.2, 0.25) is 5.02 Å².